The molecule has 0 aliphatic heterocycles. The quantitative estimate of drug-likeness (QED) is 0.446. The van der Waals surface area contributed by atoms with Gasteiger partial charge in [0.2, 0.25) is 11.8 Å². The van der Waals surface area contributed by atoms with E-state index in [9.17, 15) is 13.6 Å². The molecule has 0 N–H and O–H groups in total. The summed E-state index contributed by atoms with van der Waals surface area (Å²) in [6.45, 7) is 4.31. The summed E-state index contributed by atoms with van der Waals surface area (Å²) in [5.41, 5.74) is 1.97. The van der Waals surface area contributed by atoms with E-state index in [0.29, 0.717) is 42.3 Å². The first-order valence-electron chi connectivity index (χ1n) is 10.5. The molecule has 1 amide bonds. The molecule has 3 aromatic rings. The van der Waals surface area contributed by atoms with Crippen LogP contribution in [0.25, 0.3) is 5.69 Å². The van der Waals surface area contributed by atoms with Gasteiger partial charge in [0.05, 0.1) is 37.2 Å². The van der Waals surface area contributed by atoms with Gasteiger partial charge in [0.15, 0.2) is 11.6 Å². The Kier molecular flexibility index (Phi) is 8.00. The van der Waals surface area contributed by atoms with E-state index in [2.05, 4.69) is 5.10 Å². The molecule has 0 bridgehead atoms. The van der Waals surface area contributed by atoms with E-state index >= 15 is 0 Å². The van der Waals surface area contributed by atoms with Gasteiger partial charge < -0.3 is 19.1 Å². The Balaban J connectivity index is 2.12. The van der Waals surface area contributed by atoms with Crippen molar-refractivity contribution in [2.24, 2.45) is 0 Å². The number of halogens is 2. The lowest BCUT2D eigenvalue weighted by Gasteiger charge is -2.21. The zero-order chi connectivity index (χ0) is 24.0. The predicted molar refractivity (Wildman–Crippen MR) is 119 cm³/mol. The number of nitrogens with zero attached hydrogens (tertiary/aromatic N) is 3. The van der Waals surface area contributed by atoms with Crippen molar-refractivity contribution < 1.29 is 27.8 Å². The van der Waals surface area contributed by atoms with Crippen molar-refractivity contribution in [3.63, 3.8) is 0 Å². The molecular formula is C24H27F2N3O4. The third-order valence-electron chi connectivity index (χ3n) is 5.13. The fourth-order valence-corrected chi connectivity index (χ4v) is 3.33. The van der Waals surface area contributed by atoms with Gasteiger partial charge in [-0.15, -0.1) is 0 Å². The van der Waals surface area contributed by atoms with Gasteiger partial charge in [-0.05, 0) is 42.8 Å². The van der Waals surface area contributed by atoms with Gasteiger partial charge in [0, 0.05) is 26.6 Å². The second-order valence-corrected chi connectivity index (χ2v) is 7.30. The minimum atomic E-state index is -0.843. The molecule has 0 saturated heterocycles. The number of hydrogen-bond acceptors (Lipinski definition) is 5. The van der Waals surface area contributed by atoms with Gasteiger partial charge in [0.25, 0.3) is 0 Å². The van der Waals surface area contributed by atoms with Crippen LogP contribution in [-0.2, 0) is 22.5 Å². The van der Waals surface area contributed by atoms with Crippen LogP contribution in [0, 0.1) is 11.6 Å². The highest BCUT2D eigenvalue weighted by Gasteiger charge is 2.24. The molecule has 0 unspecified atom stereocenters. The highest BCUT2D eigenvalue weighted by atomic mass is 19.1. The lowest BCUT2D eigenvalue weighted by Crippen LogP contribution is -2.31. The first-order chi connectivity index (χ1) is 15.9. The van der Waals surface area contributed by atoms with Gasteiger partial charge in [-0.1, -0.05) is 6.92 Å². The number of hydrogen-bond donors (Lipinski definition) is 0. The second-order valence-electron chi connectivity index (χ2n) is 7.30. The lowest BCUT2D eigenvalue weighted by atomic mass is 10.2. The summed E-state index contributed by atoms with van der Waals surface area (Å²) >= 11 is 0. The summed E-state index contributed by atoms with van der Waals surface area (Å²) < 4.78 is 45.7. The molecule has 176 valence electrons. The summed E-state index contributed by atoms with van der Waals surface area (Å²) in [7, 11) is 3.13. The van der Waals surface area contributed by atoms with Crippen molar-refractivity contribution in [2.45, 2.75) is 26.8 Å². The number of benzene rings is 2. The lowest BCUT2D eigenvalue weighted by molar-refractivity contribution is -0.130. The minimum absolute atomic E-state index is 0.148. The van der Waals surface area contributed by atoms with Crippen LogP contribution in [0.3, 0.4) is 0 Å². The monoisotopic (exact) mass is 459 g/mol. The molecule has 0 atom stereocenters. The number of aromatic nitrogens is 2. The van der Waals surface area contributed by atoms with Gasteiger partial charge in [-0.25, -0.2) is 13.5 Å². The number of methoxy groups -OCH3 is 2. The Morgan fingerprint density at radius 2 is 1.85 bits per heavy atom. The highest BCUT2D eigenvalue weighted by Crippen LogP contribution is 2.34. The normalized spacial score (nSPS) is 10.8. The first-order valence-corrected chi connectivity index (χ1v) is 10.5. The maximum Gasteiger partial charge on any atom is 0.228 e. The molecule has 0 saturated carbocycles. The molecular weight excluding hydrogens is 432 g/mol. The molecule has 1 heterocycles. The van der Waals surface area contributed by atoms with Crippen molar-refractivity contribution in [3.05, 3.63) is 65.4 Å². The predicted octanol–water partition coefficient (Wildman–Crippen LogP) is 4.51. The molecule has 0 fully saturated rings. The molecule has 7 nitrogen and oxygen atoms in total. The van der Waals surface area contributed by atoms with Crippen molar-refractivity contribution in [1.82, 2.24) is 14.7 Å². The van der Waals surface area contributed by atoms with Crippen LogP contribution in [0.4, 0.5) is 8.78 Å². The van der Waals surface area contributed by atoms with Crippen molar-refractivity contribution in [2.75, 3.05) is 27.4 Å². The van der Waals surface area contributed by atoms with E-state index < -0.39 is 11.6 Å². The largest absolute Gasteiger partial charge is 0.497 e. The molecule has 0 aliphatic rings. The Morgan fingerprint density at radius 3 is 2.42 bits per heavy atom. The van der Waals surface area contributed by atoms with Crippen molar-refractivity contribution in [3.8, 4) is 23.1 Å². The molecule has 0 aliphatic carbocycles. The fraction of sp³-hybridized carbons (Fsp3) is 0.333. The summed E-state index contributed by atoms with van der Waals surface area (Å²) in [5.74, 6) is -0.946. The fourth-order valence-electron chi connectivity index (χ4n) is 3.33. The maximum atomic E-state index is 14.5. The van der Waals surface area contributed by atoms with Crippen LogP contribution < -0.4 is 9.47 Å². The molecule has 3 rings (SSSR count). The Morgan fingerprint density at radius 1 is 1.12 bits per heavy atom. The summed E-state index contributed by atoms with van der Waals surface area (Å²) in [5, 5.41) is 4.68. The van der Waals surface area contributed by atoms with Crippen molar-refractivity contribution >= 4 is 5.91 Å². The number of ether oxygens (including phenoxy) is 3. The average Bonchev–Trinajstić information content (AvgIpc) is 3.15. The van der Waals surface area contributed by atoms with Crippen LogP contribution >= 0.6 is 0 Å². The Bertz CT molecular complexity index is 1100. The number of carbonyl (C=O) groups excluding carboxylic acids is 1. The minimum Gasteiger partial charge on any atom is -0.497 e. The second kappa shape index (κ2) is 10.9. The van der Waals surface area contributed by atoms with Gasteiger partial charge in [0.1, 0.15) is 11.6 Å². The van der Waals surface area contributed by atoms with E-state index in [4.69, 9.17) is 14.2 Å². The summed E-state index contributed by atoms with van der Waals surface area (Å²) in [4.78, 5) is 13.9. The van der Waals surface area contributed by atoms with Gasteiger partial charge >= 0.3 is 0 Å². The molecule has 1 aromatic heterocycles. The van der Waals surface area contributed by atoms with E-state index in [-0.39, 0.29) is 24.1 Å². The highest BCUT2D eigenvalue weighted by molar-refractivity contribution is 5.73. The van der Waals surface area contributed by atoms with E-state index in [1.807, 2.05) is 6.92 Å². The number of amides is 1. The standard InChI is InChI=1S/C24H27F2N3O4/c1-5-22-20(15-28(16(2)30)12-13-31-3)24(33-23-11-6-17(25)14-21(23)26)29(27-22)18-7-9-19(32-4)10-8-18/h6-11,14H,5,12-13,15H2,1-4H3. The Labute approximate surface area is 191 Å². The summed E-state index contributed by atoms with van der Waals surface area (Å²) in [6, 6.07) is 10.2. The zero-order valence-electron chi connectivity index (χ0n) is 19.1. The van der Waals surface area contributed by atoms with E-state index in [1.165, 1.54) is 13.0 Å². The third-order valence-corrected chi connectivity index (χ3v) is 5.13. The van der Waals surface area contributed by atoms with Crippen LogP contribution in [0.2, 0.25) is 0 Å². The third kappa shape index (κ3) is 5.67. The van der Waals surface area contributed by atoms with Crippen LogP contribution in [-0.4, -0.2) is 48.0 Å². The average molecular weight is 459 g/mol. The molecule has 0 radical (unpaired) electrons. The SMILES string of the molecule is CCc1nn(-c2ccc(OC)cc2)c(Oc2ccc(F)cc2F)c1CN(CCOC)C(C)=O. The van der Waals surface area contributed by atoms with Crippen molar-refractivity contribution in [1.29, 1.82) is 0 Å². The van der Waals surface area contributed by atoms with Gasteiger partial charge in [-0.3, -0.25) is 4.79 Å². The number of rotatable bonds is 10. The molecule has 0 spiro atoms. The molecule has 2 aromatic carbocycles. The van der Waals surface area contributed by atoms with Gasteiger partial charge in [-0.2, -0.15) is 5.10 Å². The molecule has 33 heavy (non-hydrogen) atoms. The van der Waals surface area contributed by atoms with Crippen LogP contribution in [0.15, 0.2) is 42.5 Å². The number of carbonyl (C=O) groups is 1. The zero-order valence-corrected chi connectivity index (χ0v) is 19.1. The van der Waals surface area contributed by atoms with E-state index in [1.54, 1.807) is 48.1 Å². The van der Waals surface area contributed by atoms with E-state index in [0.717, 1.165) is 12.1 Å². The van der Waals surface area contributed by atoms with Crippen LogP contribution in [0.1, 0.15) is 25.1 Å². The maximum absolute atomic E-state index is 14.5. The smallest absolute Gasteiger partial charge is 0.228 e. The number of aryl methyl sites for hydroxylation is 1. The first kappa shape index (κ1) is 24.2. The van der Waals surface area contributed by atoms with Crippen LogP contribution in [0.5, 0.6) is 17.4 Å². The Hall–Kier alpha value is -3.46. The molecule has 9 heteroatoms. The topological polar surface area (TPSA) is 65.8 Å². The summed E-state index contributed by atoms with van der Waals surface area (Å²) in [6.07, 6.45) is 0.552.